The number of rotatable bonds is 5. The van der Waals surface area contributed by atoms with Crippen molar-refractivity contribution in [2.24, 2.45) is 0 Å². The van der Waals surface area contributed by atoms with Crippen molar-refractivity contribution in [2.45, 2.75) is 26.3 Å². The Morgan fingerprint density at radius 3 is 1.91 bits per heavy atom. The first-order valence-electron chi connectivity index (χ1n) is 9.09. The van der Waals surface area contributed by atoms with Gasteiger partial charge in [-0.3, -0.25) is 0 Å². The van der Waals surface area contributed by atoms with Crippen LogP contribution in [0.2, 0.25) is 0 Å². The van der Waals surface area contributed by atoms with Gasteiger partial charge in [0.2, 0.25) is 11.8 Å². The van der Waals surface area contributed by atoms with E-state index >= 15 is 0 Å². The number of halogens is 2. The summed E-state index contributed by atoms with van der Waals surface area (Å²) in [6.07, 6.45) is 0. The van der Waals surface area contributed by atoms with Gasteiger partial charge >= 0.3 is 11.9 Å². The first kappa shape index (κ1) is 24.3. The molecule has 0 atom stereocenters. The maximum atomic E-state index is 13.6. The molecule has 0 unspecified atom stereocenters. The predicted molar refractivity (Wildman–Crippen MR) is 108 cm³/mol. The first-order chi connectivity index (χ1) is 14.9. The van der Waals surface area contributed by atoms with E-state index in [-0.39, 0.29) is 28.5 Å². The maximum absolute atomic E-state index is 13.6. The summed E-state index contributed by atoms with van der Waals surface area (Å²) in [5.41, 5.74) is -0.842. The molecular formula is C20H22F2N4O6. The number of carboxylic acid groups (broad SMARTS) is 2. The molecule has 0 amide bonds. The number of aromatic carboxylic acids is 2. The topological polar surface area (TPSA) is 129 Å². The van der Waals surface area contributed by atoms with Gasteiger partial charge in [-0.05, 0) is 32.9 Å². The molecule has 0 bridgehead atoms. The summed E-state index contributed by atoms with van der Waals surface area (Å²) in [6, 6.07) is 5.30. The third kappa shape index (κ3) is 5.39. The van der Waals surface area contributed by atoms with Crippen molar-refractivity contribution in [2.75, 3.05) is 14.2 Å². The summed E-state index contributed by atoms with van der Waals surface area (Å²) >= 11 is 0. The number of benzene rings is 1. The van der Waals surface area contributed by atoms with Crippen LogP contribution in [0.5, 0.6) is 11.8 Å². The molecule has 10 nitrogen and oxygen atoms in total. The smallest absolute Gasteiger partial charge is 0.356 e. The normalized spacial score (nSPS) is 10.8. The molecule has 1 aromatic carbocycles. The Balaban J connectivity index is 0.000000235. The highest BCUT2D eigenvalue weighted by molar-refractivity contribution is 5.86. The fraction of sp³-hybridized carbons (Fsp3) is 0.300. The van der Waals surface area contributed by atoms with Gasteiger partial charge in [0.25, 0.3) is 0 Å². The minimum atomic E-state index is -1.29. The molecule has 2 heterocycles. The molecule has 12 heteroatoms. The lowest BCUT2D eigenvalue weighted by Gasteiger charge is -2.20. The van der Waals surface area contributed by atoms with E-state index in [9.17, 15) is 18.4 Å². The second-order valence-corrected chi connectivity index (χ2v) is 7.34. The highest BCUT2D eigenvalue weighted by Gasteiger charge is 2.22. The van der Waals surface area contributed by atoms with Crippen molar-refractivity contribution in [3.05, 3.63) is 53.4 Å². The zero-order chi connectivity index (χ0) is 24.2. The number of hydrogen-bond acceptors (Lipinski definition) is 6. The Kier molecular flexibility index (Phi) is 7.18. The number of aromatic nitrogens is 4. The van der Waals surface area contributed by atoms with Crippen LogP contribution >= 0.6 is 0 Å². The number of ether oxygens (including phenoxy) is 2. The highest BCUT2D eigenvalue weighted by atomic mass is 19.1. The lowest BCUT2D eigenvalue weighted by molar-refractivity contribution is 0.0678. The number of nitrogens with zero attached hydrogens (tertiary/aromatic N) is 4. The van der Waals surface area contributed by atoms with Crippen molar-refractivity contribution in [3.63, 3.8) is 0 Å². The minimum Gasteiger partial charge on any atom is -0.481 e. The molecule has 0 aliphatic rings. The lowest BCUT2D eigenvalue weighted by Crippen LogP contribution is -2.24. The van der Waals surface area contributed by atoms with E-state index in [4.69, 9.17) is 19.7 Å². The van der Waals surface area contributed by atoms with Crippen LogP contribution in [0.25, 0.3) is 5.69 Å². The van der Waals surface area contributed by atoms with Gasteiger partial charge in [-0.15, -0.1) is 0 Å². The largest absolute Gasteiger partial charge is 0.481 e. The maximum Gasteiger partial charge on any atom is 0.356 e. The van der Waals surface area contributed by atoms with Gasteiger partial charge in [-0.2, -0.15) is 14.9 Å². The van der Waals surface area contributed by atoms with Crippen LogP contribution < -0.4 is 9.47 Å². The Hall–Kier alpha value is -3.96. The van der Waals surface area contributed by atoms with Gasteiger partial charge < -0.3 is 19.7 Å². The predicted octanol–water partition coefficient (Wildman–Crippen LogP) is 3.20. The lowest BCUT2D eigenvalue weighted by atomic mass is 10.1. The Morgan fingerprint density at radius 1 is 0.906 bits per heavy atom. The molecule has 3 aromatic rings. The minimum absolute atomic E-state index is 0.00287. The van der Waals surface area contributed by atoms with Gasteiger partial charge in [0.05, 0.1) is 19.8 Å². The highest BCUT2D eigenvalue weighted by Crippen LogP contribution is 2.23. The van der Waals surface area contributed by atoms with Crippen molar-refractivity contribution in [1.29, 1.82) is 0 Å². The van der Waals surface area contributed by atoms with E-state index in [1.54, 1.807) is 4.68 Å². The molecule has 0 spiro atoms. The molecule has 2 aromatic heterocycles. The molecule has 2 N–H and O–H groups in total. The van der Waals surface area contributed by atoms with Crippen molar-refractivity contribution in [1.82, 2.24) is 19.6 Å². The zero-order valence-corrected chi connectivity index (χ0v) is 18.0. The van der Waals surface area contributed by atoms with Crippen molar-refractivity contribution < 1.29 is 38.1 Å². The van der Waals surface area contributed by atoms with E-state index in [1.165, 1.54) is 20.3 Å². The van der Waals surface area contributed by atoms with E-state index in [2.05, 4.69) is 10.2 Å². The molecule has 0 fully saturated rings. The van der Waals surface area contributed by atoms with E-state index in [0.29, 0.717) is 5.88 Å². The number of methoxy groups -OCH3 is 2. The summed E-state index contributed by atoms with van der Waals surface area (Å²) in [4.78, 5) is 21.4. The summed E-state index contributed by atoms with van der Waals surface area (Å²) in [5, 5.41) is 25.1. The van der Waals surface area contributed by atoms with Crippen LogP contribution in [0.1, 0.15) is 41.7 Å². The SMILES string of the molecule is COc1cc(C(=O)O)nn1-c1cc(F)ccc1F.COc1cc(C(=O)O)nn1C(C)(C)C. The fourth-order valence-electron chi connectivity index (χ4n) is 2.53. The molecule has 0 saturated heterocycles. The van der Waals surface area contributed by atoms with E-state index in [0.717, 1.165) is 28.9 Å². The molecular weight excluding hydrogens is 430 g/mol. The summed E-state index contributed by atoms with van der Waals surface area (Å²) < 4.78 is 39.0. The molecule has 0 saturated carbocycles. The van der Waals surface area contributed by atoms with Gasteiger partial charge in [-0.25, -0.2) is 23.1 Å². The fourth-order valence-corrected chi connectivity index (χ4v) is 2.53. The third-order valence-corrected chi connectivity index (χ3v) is 3.98. The molecule has 0 aliphatic heterocycles. The van der Waals surface area contributed by atoms with Crippen LogP contribution in [0, 0.1) is 11.6 Å². The average molecular weight is 452 g/mol. The van der Waals surface area contributed by atoms with Crippen molar-refractivity contribution in [3.8, 4) is 17.4 Å². The van der Waals surface area contributed by atoms with Gasteiger partial charge in [0, 0.05) is 18.2 Å². The van der Waals surface area contributed by atoms with Crippen LogP contribution in [-0.2, 0) is 5.54 Å². The number of carbonyl (C=O) groups is 2. The average Bonchev–Trinajstić information content (AvgIpc) is 3.34. The Morgan fingerprint density at radius 2 is 1.44 bits per heavy atom. The molecule has 172 valence electrons. The van der Waals surface area contributed by atoms with Gasteiger partial charge in [0.15, 0.2) is 11.4 Å². The number of hydrogen-bond donors (Lipinski definition) is 2. The van der Waals surface area contributed by atoms with Gasteiger partial charge in [-0.1, -0.05) is 0 Å². The summed E-state index contributed by atoms with van der Waals surface area (Å²) in [6.45, 7) is 5.77. The third-order valence-electron chi connectivity index (χ3n) is 3.98. The van der Waals surface area contributed by atoms with E-state index < -0.39 is 23.6 Å². The van der Waals surface area contributed by atoms with Crippen LogP contribution in [0.3, 0.4) is 0 Å². The van der Waals surface area contributed by atoms with Gasteiger partial charge in [0.1, 0.15) is 17.3 Å². The molecule has 3 rings (SSSR count). The zero-order valence-electron chi connectivity index (χ0n) is 18.0. The van der Waals surface area contributed by atoms with Crippen LogP contribution in [0.15, 0.2) is 30.3 Å². The number of carboxylic acids is 2. The molecule has 0 aliphatic carbocycles. The summed E-state index contributed by atoms with van der Waals surface area (Å²) in [7, 11) is 2.77. The molecule has 32 heavy (non-hydrogen) atoms. The van der Waals surface area contributed by atoms with Crippen molar-refractivity contribution >= 4 is 11.9 Å². The standard InChI is InChI=1S/C11H8F2N2O3.C9H14N2O3/c1-18-10-5-8(11(16)17)14-15(10)9-4-6(12)2-3-7(9)13;1-9(2,3)11-7(14-4)5-6(10-11)8(12)13/h2-5H,1H3,(H,16,17);5H,1-4H3,(H,12,13). The Labute approximate surface area is 181 Å². The monoisotopic (exact) mass is 452 g/mol. The van der Waals surface area contributed by atoms with Crippen LogP contribution in [-0.4, -0.2) is 55.9 Å². The summed E-state index contributed by atoms with van der Waals surface area (Å²) in [5.74, 6) is -3.29. The second-order valence-electron chi connectivity index (χ2n) is 7.34. The van der Waals surface area contributed by atoms with Crippen LogP contribution in [0.4, 0.5) is 8.78 Å². The Bertz CT molecular complexity index is 1130. The second kappa shape index (κ2) is 9.45. The first-order valence-corrected chi connectivity index (χ1v) is 9.09. The van der Waals surface area contributed by atoms with E-state index in [1.807, 2.05) is 20.8 Å². The molecule has 0 radical (unpaired) electrons. The quantitative estimate of drug-likeness (QED) is 0.604.